The minimum Gasteiger partial charge on any atom is -0.375 e. The Hall–Kier alpha value is 0.0269. The number of unbranched alkanes of at least 4 members (excludes halogenated alkanes) is 6. The molecule has 3 nitrogen and oxygen atoms in total. The normalized spacial score (nSPS) is 13.8. The molecule has 110 valence electrons. The summed E-state index contributed by atoms with van der Waals surface area (Å²) in [6.07, 6.45) is 8.72. The van der Waals surface area contributed by atoms with E-state index >= 15 is 0 Å². The second-order valence-electron chi connectivity index (χ2n) is 4.59. The van der Waals surface area contributed by atoms with Crippen molar-refractivity contribution >= 4 is 8.80 Å². The average Bonchev–Trinajstić information content (AvgIpc) is 2.40. The Bertz CT molecular complexity index is 181. The van der Waals surface area contributed by atoms with Gasteiger partial charge in [-0.25, -0.2) is 4.39 Å². The molecule has 0 aromatic heterocycles. The quantitative estimate of drug-likeness (QED) is 0.401. The van der Waals surface area contributed by atoms with Crippen LogP contribution in [0, 0.1) is 0 Å². The van der Waals surface area contributed by atoms with E-state index in [-0.39, 0.29) is 0 Å². The van der Waals surface area contributed by atoms with Crippen LogP contribution in [0.4, 0.5) is 4.39 Å². The fourth-order valence-electron chi connectivity index (χ4n) is 2.09. The molecule has 0 fully saturated rings. The molecule has 0 aromatic rings. The number of rotatable bonds is 12. The van der Waals surface area contributed by atoms with Crippen LogP contribution in [0.1, 0.15) is 58.3 Å². The number of hydrogen-bond donors (Lipinski definition) is 0. The predicted octanol–water partition coefficient (Wildman–Crippen LogP) is 3.88. The molecule has 18 heavy (non-hydrogen) atoms. The van der Waals surface area contributed by atoms with E-state index in [1.807, 2.05) is 0 Å². The van der Waals surface area contributed by atoms with Crippen LogP contribution in [0.25, 0.3) is 0 Å². The zero-order valence-corrected chi connectivity index (χ0v) is 13.3. The van der Waals surface area contributed by atoms with E-state index in [4.69, 9.17) is 13.3 Å². The van der Waals surface area contributed by atoms with Crippen LogP contribution in [-0.2, 0) is 13.3 Å². The molecule has 1 unspecified atom stereocenters. The van der Waals surface area contributed by atoms with Gasteiger partial charge in [0, 0.05) is 21.3 Å². The maximum absolute atomic E-state index is 14.0. The van der Waals surface area contributed by atoms with Crippen molar-refractivity contribution in [3.63, 3.8) is 0 Å². The van der Waals surface area contributed by atoms with Gasteiger partial charge in [-0.1, -0.05) is 51.9 Å². The van der Waals surface area contributed by atoms with Crippen LogP contribution in [0.5, 0.6) is 0 Å². The zero-order chi connectivity index (χ0) is 13.9. The highest BCUT2D eigenvalue weighted by molar-refractivity contribution is 6.62. The van der Waals surface area contributed by atoms with Gasteiger partial charge in [0.25, 0.3) is 0 Å². The minimum absolute atomic E-state index is 0.468. The van der Waals surface area contributed by atoms with E-state index < -0.39 is 14.6 Å². The first kappa shape index (κ1) is 18.0. The van der Waals surface area contributed by atoms with Crippen molar-refractivity contribution in [1.29, 1.82) is 0 Å². The highest BCUT2D eigenvalue weighted by Gasteiger charge is 2.47. The molecular weight excluding hydrogens is 251 g/mol. The van der Waals surface area contributed by atoms with Crippen molar-refractivity contribution in [2.45, 2.75) is 64.1 Å². The van der Waals surface area contributed by atoms with Gasteiger partial charge in [0.05, 0.1) is 0 Å². The highest BCUT2D eigenvalue weighted by Crippen LogP contribution is 2.21. The zero-order valence-electron chi connectivity index (χ0n) is 12.3. The van der Waals surface area contributed by atoms with Gasteiger partial charge >= 0.3 is 8.80 Å². The molecule has 5 heteroatoms. The lowest BCUT2D eigenvalue weighted by Crippen LogP contribution is -2.52. The van der Waals surface area contributed by atoms with E-state index in [0.29, 0.717) is 6.42 Å². The fraction of sp³-hybridized carbons (Fsp3) is 1.00. The standard InChI is InChI=1S/C13H29FO3Si/c1-5-6-7-8-9-10-11-12-13(14)18(15-2,16-3)17-4/h13H,5-12H2,1-4H3. The third-order valence-electron chi connectivity index (χ3n) is 3.30. The van der Waals surface area contributed by atoms with Crippen molar-refractivity contribution < 1.29 is 17.7 Å². The topological polar surface area (TPSA) is 27.7 Å². The molecule has 0 radical (unpaired) electrons. The van der Waals surface area contributed by atoms with E-state index in [2.05, 4.69) is 6.92 Å². The second-order valence-corrected chi connectivity index (χ2v) is 7.65. The van der Waals surface area contributed by atoms with Gasteiger partial charge in [0.2, 0.25) is 0 Å². The van der Waals surface area contributed by atoms with Gasteiger partial charge in [-0.2, -0.15) is 0 Å². The maximum atomic E-state index is 14.0. The molecule has 0 aliphatic heterocycles. The predicted molar refractivity (Wildman–Crippen MR) is 74.3 cm³/mol. The Balaban J connectivity index is 3.71. The molecule has 0 saturated heterocycles. The summed E-state index contributed by atoms with van der Waals surface area (Å²) in [5.74, 6) is -1.12. The number of halogens is 1. The molecule has 0 heterocycles. The van der Waals surface area contributed by atoms with Crippen LogP contribution in [0.15, 0.2) is 0 Å². The molecule has 0 N–H and O–H groups in total. The minimum atomic E-state index is -3.07. The smallest absolute Gasteiger partial charge is 0.375 e. The summed E-state index contributed by atoms with van der Waals surface area (Å²) in [4.78, 5) is 0. The first-order valence-electron chi connectivity index (χ1n) is 6.96. The summed E-state index contributed by atoms with van der Waals surface area (Å²) in [7, 11) is 1.30. The van der Waals surface area contributed by atoms with Crippen LogP contribution < -0.4 is 0 Å². The monoisotopic (exact) mass is 280 g/mol. The Kier molecular flexibility index (Phi) is 10.9. The molecule has 0 aliphatic rings. The van der Waals surface area contributed by atoms with Crippen LogP contribution >= 0.6 is 0 Å². The van der Waals surface area contributed by atoms with Gasteiger partial charge < -0.3 is 13.3 Å². The molecule has 0 aromatic carbocycles. The van der Waals surface area contributed by atoms with E-state index in [0.717, 1.165) is 12.8 Å². The largest absolute Gasteiger partial charge is 0.536 e. The lowest BCUT2D eigenvalue weighted by Gasteiger charge is -2.27. The summed E-state index contributed by atoms with van der Waals surface area (Å²) in [5.41, 5.74) is 0. The lowest BCUT2D eigenvalue weighted by atomic mass is 10.1. The summed E-state index contributed by atoms with van der Waals surface area (Å²) >= 11 is 0. The van der Waals surface area contributed by atoms with Crippen LogP contribution in [0.3, 0.4) is 0 Å². The summed E-state index contributed by atoms with van der Waals surface area (Å²) < 4.78 is 29.4. The number of hydrogen-bond acceptors (Lipinski definition) is 3. The Morgan fingerprint density at radius 3 is 1.72 bits per heavy atom. The maximum Gasteiger partial charge on any atom is 0.536 e. The molecular formula is C13H29FO3Si. The van der Waals surface area contributed by atoms with E-state index in [1.54, 1.807) is 0 Å². The molecule has 1 atom stereocenters. The van der Waals surface area contributed by atoms with Crippen molar-refractivity contribution in [3.8, 4) is 0 Å². The van der Waals surface area contributed by atoms with Crippen LogP contribution in [-0.4, -0.2) is 35.9 Å². The van der Waals surface area contributed by atoms with E-state index in [9.17, 15) is 4.39 Å². The van der Waals surface area contributed by atoms with Gasteiger partial charge in [-0.15, -0.1) is 0 Å². The van der Waals surface area contributed by atoms with E-state index in [1.165, 1.54) is 53.4 Å². The fourth-order valence-corrected chi connectivity index (χ4v) is 3.92. The second kappa shape index (κ2) is 10.9. The van der Waals surface area contributed by atoms with Crippen LogP contribution in [0.2, 0.25) is 0 Å². The third kappa shape index (κ3) is 6.27. The van der Waals surface area contributed by atoms with Gasteiger partial charge in [0.1, 0.15) is 0 Å². The lowest BCUT2D eigenvalue weighted by molar-refractivity contribution is 0.0853. The molecule has 0 spiro atoms. The van der Waals surface area contributed by atoms with Crippen molar-refractivity contribution in [2.24, 2.45) is 0 Å². The third-order valence-corrected chi connectivity index (χ3v) is 6.06. The number of alkyl halides is 1. The first-order chi connectivity index (χ1) is 8.66. The Labute approximate surface area is 112 Å². The summed E-state index contributed by atoms with van der Waals surface area (Å²) in [6, 6.07) is 0. The SMILES string of the molecule is CCCCCCCCCC(F)[Si](OC)(OC)OC. The molecule has 0 amide bonds. The van der Waals surface area contributed by atoms with Gasteiger partial charge in [-0.3, -0.25) is 0 Å². The first-order valence-corrected chi connectivity index (χ1v) is 8.76. The molecule has 0 saturated carbocycles. The van der Waals surface area contributed by atoms with Crippen molar-refractivity contribution in [3.05, 3.63) is 0 Å². The Morgan fingerprint density at radius 2 is 1.28 bits per heavy atom. The van der Waals surface area contributed by atoms with Crippen molar-refractivity contribution in [1.82, 2.24) is 0 Å². The molecule has 0 aliphatic carbocycles. The van der Waals surface area contributed by atoms with Crippen molar-refractivity contribution in [2.75, 3.05) is 21.3 Å². The average molecular weight is 280 g/mol. The summed E-state index contributed by atoms with van der Waals surface area (Å²) in [5, 5.41) is 0. The Morgan fingerprint density at radius 1 is 0.833 bits per heavy atom. The van der Waals surface area contributed by atoms with Gasteiger partial charge in [0.15, 0.2) is 5.79 Å². The molecule has 0 bridgehead atoms. The van der Waals surface area contributed by atoms with Gasteiger partial charge in [-0.05, 0) is 6.42 Å². The summed E-state index contributed by atoms with van der Waals surface area (Å²) in [6.45, 7) is 2.21. The highest BCUT2D eigenvalue weighted by atomic mass is 28.4. The molecule has 0 rings (SSSR count).